The van der Waals surface area contributed by atoms with Crippen molar-refractivity contribution in [2.24, 2.45) is 0 Å². The Morgan fingerprint density at radius 3 is 2.81 bits per heavy atom. The second kappa shape index (κ2) is 7.56. The van der Waals surface area contributed by atoms with Crippen LogP contribution in [0.3, 0.4) is 0 Å². The summed E-state index contributed by atoms with van der Waals surface area (Å²) in [6.07, 6.45) is 2.19. The number of nitriles is 1. The van der Waals surface area contributed by atoms with Gasteiger partial charge in [-0.1, -0.05) is 31.5 Å². The third-order valence-corrected chi connectivity index (χ3v) is 4.35. The lowest BCUT2D eigenvalue weighted by atomic mass is 10.0. The van der Waals surface area contributed by atoms with Gasteiger partial charge in [0.05, 0.1) is 5.56 Å². The van der Waals surface area contributed by atoms with Gasteiger partial charge in [0.2, 0.25) is 0 Å². The van der Waals surface area contributed by atoms with Crippen LogP contribution in [0.15, 0.2) is 34.8 Å². The van der Waals surface area contributed by atoms with Crippen molar-refractivity contribution in [1.82, 2.24) is 5.32 Å². The van der Waals surface area contributed by atoms with Crippen LogP contribution in [-0.4, -0.2) is 13.7 Å². The first kappa shape index (κ1) is 16.0. The maximum absolute atomic E-state index is 9.07. The molecule has 21 heavy (non-hydrogen) atoms. The Balaban J connectivity index is 2.32. The van der Waals surface area contributed by atoms with Gasteiger partial charge in [-0.3, -0.25) is 5.32 Å². The summed E-state index contributed by atoms with van der Waals surface area (Å²) in [5.74, 6) is 0. The molecule has 0 aromatic heterocycles. The van der Waals surface area contributed by atoms with E-state index in [-0.39, 0.29) is 6.23 Å². The molecule has 0 aliphatic carbocycles. The van der Waals surface area contributed by atoms with Crippen LogP contribution in [0.25, 0.3) is 10.8 Å². The lowest BCUT2D eigenvalue weighted by Gasteiger charge is -2.18. The minimum absolute atomic E-state index is 0.102. The van der Waals surface area contributed by atoms with E-state index in [0.29, 0.717) is 5.56 Å². The zero-order chi connectivity index (χ0) is 15.2. The number of nitrogens with one attached hydrogen (secondary N) is 1. The number of hydrogen-bond donors (Lipinski definition) is 1. The zero-order valence-corrected chi connectivity index (χ0v) is 13.9. The average Bonchev–Trinajstić information content (AvgIpc) is 2.52. The van der Waals surface area contributed by atoms with Crippen molar-refractivity contribution in [1.29, 1.82) is 5.26 Å². The Bertz CT molecular complexity index is 664. The molecule has 0 aliphatic rings. The third-order valence-electron chi connectivity index (χ3n) is 3.50. The van der Waals surface area contributed by atoms with Crippen LogP contribution in [0.2, 0.25) is 0 Å². The quantitative estimate of drug-likeness (QED) is 0.618. The van der Waals surface area contributed by atoms with Gasteiger partial charge >= 0.3 is 0 Å². The predicted octanol–water partition coefficient (Wildman–Crippen LogP) is 4.51. The molecule has 0 heterocycles. The molecule has 0 saturated carbocycles. The van der Waals surface area contributed by atoms with Crippen molar-refractivity contribution in [2.75, 3.05) is 13.7 Å². The molecule has 1 unspecified atom stereocenters. The van der Waals surface area contributed by atoms with E-state index in [9.17, 15) is 0 Å². The van der Waals surface area contributed by atoms with E-state index in [2.05, 4.69) is 40.3 Å². The van der Waals surface area contributed by atoms with Gasteiger partial charge in [0, 0.05) is 11.6 Å². The molecular weight excluding hydrogens is 328 g/mol. The fourth-order valence-corrected chi connectivity index (χ4v) is 2.89. The third kappa shape index (κ3) is 3.62. The van der Waals surface area contributed by atoms with Gasteiger partial charge in [0.1, 0.15) is 12.3 Å². The molecule has 2 aromatic rings. The van der Waals surface area contributed by atoms with E-state index in [1.807, 2.05) is 24.3 Å². The number of ether oxygens (including phenoxy) is 1. The van der Waals surface area contributed by atoms with Gasteiger partial charge in [0.15, 0.2) is 0 Å². The standard InChI is InChI=1S/C17H19BrN2O/c1-3-4-9-20-17(21-2)13-7-8-15-12(10-13)5-6-14(11-19)16(15)18/h5-8,10,17,20H,3-4,9H2,1-2H3. The highest BCUT2D eigenvalue weighted by atomic mass is 79.9. The second-order valence-corrected chi connectivity index (χ2v) is 5.74. The number of rotatable bonds is 6. The van der Waals surface area contributed by atoms with Crippen molar-refractivity contribution in [3.8, 4) is 6.07 Å². The van der Waals surface area contributed by atoms with Crippen LogP contribution in [0.4, 0.5) is 0 Å². The van der Waals surface area contributed by atoms with Crippen LogP contribution in [0.1, 0.15) is 37.1 Å². The first-order valence-corrected chi connectivity index (χ1v) is 7.89. The Morgan fingerprint density at radius 2 is 2.14 bits per heavy atom. The van der Waals surface area contributed by atoms with E-state index in [0.717, 1.165) is 40.2 Å². The van der Waals surface area contributed by atoms with Gasteiger partial charge in [-0.05, 0) is 57.4 Å². The summed E-state index contributed by atoms with van der Waals surface area (Å²) in [6.45, 7) is 3.11. The molecule has 3 nitrogen and oxygen atoms in total. The fourth-order valence-electron chi connectivity index (χ4n) is 2.31. The molecule has 0 aliphatic heterocycles. The second-order valence-electron chi connectivity index (χ2n) is 4.94. The number of methoxy groups -OCH3 is 1. The molecule has 0 amide bonds. The first-order chi connectivity index (χ1) is 10.2. The number of benzene rings is 2. The molecule has 4 heteroatoms. The molecule has 1 N–H and O–H groups in total. The fraction of sp³-hybridized carbons (Fsp3) is 0.353. The minimum atomic E-state index is -0.102. The summed E-state index contributed by atoms with van der Waals surface area (Å²) in [4.78, 5) is 0. The van der Waals surface area contributed by atoms with Crippen LogP contribution >= 0.6 is 15.9 Å². The summed E-state index contributed by atoms with van der Waals surface area (Å²) < 4.78 is 6.38. The Morgan fingerprint density at radius 1 is 1.33 bits per heavy atom. The monoisotopic (exact) mass is 346 g/mol. The van der Waals surface area contributed by atoms with Gasteiger partial charge in [-0.15, -0.1) is 0 Å². The molecule has 2 aromatic carbocycles. The molecule has 0 saturated heterocycles. The van der Waals surface area contributed by atoms with Crippen molar-refractivity contribution < 1.29 is 4.74 Å². The van der Waals surface area contributed by atoms with E-state index >= 15 is 0 Å². The summed E-state index contributed by atoms with van der Waals surface area (Å²) >= 11 is 3.50. The van der Waals surface area contributed by atoms with Crippen molar-refractivity contribution >= 4 is 26.7 Å². The Labute approximate surface area is 134 Å². The highest BCUT2D eigenvalue weighted by molar-refractivity contribution is 9.10. The molecule has 2 rings (SSSR count). The summed E-state index contributed by atoms with van der Waals surface area (Å²) in [6, 6.07) is 12.2. The smallest absolute Gasteiger partial charge is 0.133 e. The van der Waals surface area contributed by atoms with Crippen molar-refractivity contribution in [3.63, 3.8) is 0 Å². The summed E-state index contributed by atoms with van der Waals surface area (Å²) in [5, 5.41) is 14.6. The topological polar surface area (TPSA) is 45.0 Å². The summed E-state index contributed by atoms with van der Waals surface area (Å²) in [7, 11) is 1.71. The molecule has 0 bridgehead atoms. The lowest BCUT2D eigenvalue weighted by Crippen LogP contribution is -2.23. The van der Waals surface area contributed by atoms with E-state index in [4.69, 9.17) is 10.00 Å². The van der Waals surface area contributed by atoms with Crippen molar-refractivity contribution in [3.05, 3.63) is 45.9 Å². The maximum atomic E-state index is 9.07. The van der Waals surface area contributed by atoms with Gasteiger partial charge in [0.25, 0.3) is 0 Å². The Hall–Kier alpha value is -1.41. The van der Waals surface area contributed by atoms with E-state index in [1.165, 1.54) is 0 Å². The first-order valence-electron chi connectivity index (χ1n) is 7.09. The number of unbranched alkanes of at least 4 members (excludes halogenated alkanes) is 1. The largest absolute Gasteiger partial charge is 0.362 e. The van der Waals surface area contributed by atoms with Gasteiger partial charge < -0.3 is 4.74 Å². The molecule has 110 valence electrons. The highest BCUT2D eigenvalue weighted by Crippen LogP contribution is 2.29. The molecular formula is C17H19BrN2O. The average molecular weight is 347 g/mol. The number of fused-ring (bicyclic) bond motifs is 1. The lowest BCUT2D eigenvalue weighted by molar-refractivity contribution is 0.0738. The SMILES string of the molecule is CCCCNC(OC)c1ccc2c(Br)c(C#N)ccc2c1. The van der Waals surface area contributed by atoms with Crippen LogP contribution in [0.5, 0.6) is 0 Å². The van der Waals surface area contributed by atoms with Crippen LogP contribution in [0, 0.1) is 11.3 Å². The number of halogens is 1. The molecule has 0 spiro atoms. The zero-order valence-electron chi connectivity index (χ0n) is 12.3. The van der Waals surface area contributed by atoms with Crippen molar-refractivity contribution in [2.45, 2.75) is 26.0 Å². The van der Waals surface area contributed by atoms with E-state index < -0.39 is 0 Å². The summed E-state index contributed by atoms with van der Waals surface area (Å²) in [5.41, 5.74) is 1.75. The molecule has 0 radical (unpaired) electrons. The minimum Gasteiger partial charge on any atom is -0.362 e. The van der Waals surface area contributed by atoms with Gasteiger partial charge in [-0.25, -0.2) is 0 Å². The van der Waals surface area contributed by atoms with Crippen LogP contribution < -0.4 is 5.32 Å². The van der Waals surface area contributed by atoms with Gasteiger partial charge in [-0.2, -0.15) is 5.26 Å². The molecule has 1 atom stereocenters. The van der Waals surface area contributed by atoms with Crippen LogP contribution in [-0.2, 0) is 4.74 Å². The maximum Gasteiger partial charge on any atom is 0.133 e. The normalized spacial score (nSPS) is 12.3. The predicted molar refractivity (Wildman–Crippen MR) is 89.0 cm³/mol. The number of nitrogens with zero attached hydrogens (tertiary/aromatic N) is 1. The number of hydrogen-bond acceptors (Lipinski definition) is 3. The highest BCUT2D eigenvalue weighted by Gasteiger charge is 2.11. The molecule has 0 fully saturated rings. The van der Waals surface area contributed by atoms with E-state index in [1.54, 1.807) is 7.11 Å². The Kier molecular flexibility index (Phi) is 5.75.